The molecular weight excluding hydrogens is 349 g/mol. The number of anilines is 1. The van der Waals surface area contributed by atoms with Crippen molar-refractivity contribution in [3.8, 4) is 5.69 Å². The molecule has 0 bridgehead atoms. The molecule has 26 heavy (non-hydrogen) atoms. The molecule has 5 nitrogen and oxygen atoms in total. The molecule has 5 rings (SSSR count). The first-order chi connectivity index (χ1) is 12.8. The van der Waals surface area contributed by atoms with Gasteiger partial charge in [-0.3, -0.25) is 0 Å². The van der Waals surface area contributed by atoms with E-state index in [1.807, 2.05) is 0 Å². The van der Waals surface area contributed by atoms with E-state index in [1.165, 1.54) is 17.0 Å². The molecule has 1 saturated heterocycles. The Kier molecular flexibility index (Phi) is 3.67. The van der Waals surface area contributed by atoms with Gasteiger partial charge in [-0.15, -0.1) is 11.3 Å². The number of hydrogen-bond acceptors (Lipinski definition) is 5. The number of rotatable bonds is 3. The molecule has 1 aromatic carbocycles. The van der Waals surface area contributed by atoms with Gasteiger partial charge in [-0.2, -0.15) is 5.10 Å². The average Bonchev–Trinajstić information content (AvgIpc) is 3.41. The quantitative estimate of drug-likeness (QED) is 0.541. The Hall–Kier alpha value is -2.80. The molecule has 0 saturated carbocycles. The first kappa shape index (κ1) is 15.5. The van der Waals surface area contributed by atoms with E-state index in [2.05, 4.69) is 37.5 Å². The van der Waals surface area contributed by atoms with Crippen molar-refractivity contribution in [1.29, 1.82) is 0 Å². The lowest BCUT2D eigenvalue weighted by Crippen LogP contribution is -2.23. The lowest BCUT2D eigenvalue weighted by atomic mass is 10.2. The molecule has 130 valence electrons. The van der Waals surface area contributed by atoms with Gasteiger partial charge in [-0.1, -0.05) is 6.07 Å². The first-order valence-corrected chi connectivity index (χ1v) is 9.44. The molecule has 1 fully saturated rings. The average molecular weight is 365 g/mol. The smallest absolute Gasteiger partial charge is 0.168 e. The van der Waals surface area contributed by atoms with Crippen molar-refractivity contribution >= 4 is 28.2 Å². The summed E-state index contributed by atoms with van der Waals surface area (Å²) in [7, 11) is 0. The zero-order valence-corrected chi connectivity index (χ0v) is 14.7. The second-order valence-electron chi connectivity index (χ2n) is 6.33. The molecule has 4 aromatic rings. The van der Waals surface area contributed by atoms with E-state index in [4.69, 9.17) is 0 Å². The van der Waals surface area contributed by atoms with Crippen molar-refractivity contribution < 1.29 is 4.39 Å². The van der Waals surface area contributed by atoms with Crippen LogP contribution in [0, 0.1) is 5.82 Å². The van der Waals surface area contributed by atoms with E-state index in [-0.39, 0.29) is 5.82 Å². The third-order valence-electron chi connectivity index (χ3n) is 4.81. The first-order valence-electron chi connectivity index (χ1n) is 8.56. The Morgan fingerprint density at radius 2 is 2.00 bits per heavy atom. The Morgan fingerprint density at radius 1 is 1.12 bits per heavy atom. The molecule has 0 N–H and O–H groups in total. The van der Waals surface area contributed by atoms with E-state index in [1.54, 1.807) is 40.7 Å². The predicted molar refractivity (Wildman–Crippen MR) is 100 cm³/mol. The van der Waals surface area contributed by atoms with Gasteiger partial charge in [-0.05, 0) is 48.6 Å². The van der Waals surface area contributed by atoms with E-state index in [9.17, 15) is 4.39 Å². The minimum atomic E-state index is -0.267. The van der Waals surface area contributed by atoms with Gasteiger partial charge in [0.1, 0.15) is 18.0 Å². The van der Waals surface area contributed by atoms with Crippen LogP contribution in [0.3, 0.4) is 0 Å². The van der Waals surface area contributed by atoms with Crippen LogP contribution in [0.15, 0.2) is 54.3 Å². The fourth-order valence-electron chi connectivity index (χ4n) is 3.63. The van der Waals surface area contributed by atoms with Gasteiger partial charge in [0.15, 0.2) is 5.65 Å². The normalized spacial score (nSPS) is 17.3. The highest BCUT2D eigenvalue weighted by Gasteiger charge is 2.29. The number of hydrogen-bond donors (Lipinski definition) is 0. The van der Waals surface area contributed by atoms with Gasteiger partial charge in [0.25, 0.3) is 0 Å². The van der Waals surface area contributed by atoms with Crippen LogP contribution in [0.4, 0.5) is 10.2 Å². The molecule has 0 spiro atoms. The highest BCUT2D eigenvalue weighted by Crippen LogP contribution is 2.39. The monoisotopic (exact) mass is 365 g/mol. The van der Waals surface area contributed by atoms with Gasteiger partial charge in [0.2, 0.25) is 0 Å². The van der Waals surface area contributed by atoms with Gasteiger partial charge < -0.3 is 4.90 Å². The standard InChI is InChI=1S/C19H16FN5S/c20-13-5-7-14(8-6-13)25-19-15(11-23-25)18(21-12-22-19)24-9-1-3-16(24)17-4-2-10-26-17/h2,4-8,10-12,16H,1,3,9H2/t16-/m1/s1. The number of halogens is 1. The lowest BCUT2D eigenvalue weighted by molar-refractivity contribution is 0.627. The maximum atomic E-state index is 13.2. The summed E-state index contributed by atoms with van der Waals surface area (Å²) in [5.74, 6) is 0.649. The van der Waals surface area contributed by atoms with Gasteiger partial charge in [-0.25, -0.2) is 19.0 Å². The number of thiophene rings is 1. The van der Waals surface area contributed by atoms with Crippen molar-refractivity contribution in [3.63, 3.8) is 0 Å². The van der Waals surface area contributed by atoms with Crippen LogP contribution in [-0.2, 0) is 0 Å². The van der Waals surface area contributed by atoms with Crippen LogP contribution >= 0.6 is 11.3 Å². The molecule has 7 heteroatoms. The van der Waals surface area contributed by atoms with Crippen molar-refractivity contribution in [1.82, 2.24) is 19.7 Å². The van der Waals surface area contributed by atoms with Crippen LogP contribution in [0.25, 0.3) is 16.7 Å². The number of aromatic nitrogens is 4. The molecule has 1 atom stereocenters. The minimum absolute atomic E-state index is 0.267. The van der Waals surface area contributed by atoms with Gasteiger partial charge in [0, 0.05) is 11.4 Å². The second kappa shape index (κ2) is 6.17. The van der Waals surface area contributed by atoms with Crippen LogP contribution in [0.2, 0.25) is 0 Å². The fourth-order valence-corrected chi connectivity index (χ4v) is 4.50. The largest absolute Gasteiger partial charge is 0.348 e. The predicted octanol–water partition coefficient (Wildman–Crippen LogP) is 4.36. The zero-order chi connectivity index (χ0) is 17.5. The van der Waals surface area contributed by atoms with E-state index < -0.39 is 0 Å². The van der Waals surface area contributed by atoms with Crippen molar-refractivity contribution in [2.75, 3.05) is 11.4 Å². The van der Waals surface area contributed by atoms with Crippen molar-refractivity contribution in [2.45, 2.75) is 18.9 Å². The number of benzene rings is 1. The maximum absolute atomic E-state index is 13.2. The van der Waals surface area contributed by atoms with Crippen LogP contribution in [0.1, 0.15) is 23.8 Å². The fraction of sp³-hybridized carbons (Fsp3) is 0.211. The highest BCUT2D eigenvalue weighted by atomic mass is 32.1. The van der Waals surface area contributed by atoms with Crippen molar-refractivity contribution in [3.05, 3.63) is 65.0 Å². The summed E-state index contributed by atoms with van der Waals surface area (Å²) >= 11 is 1.79. The topological polar surface area (TPSA) is 46.8 Å². The van der Waals surface area contributed by atoms with Gasteiger partial charge >= 0.3 is 0 Å². The Bertz CT molecular complexity index is 1040. The van der Waals surface area contributed by atoms with Crippen LogP contribution in [0.5, 0.6) is 0 Å². The second-order valence-corrected chi connectivity index (χ2v) is 7.31. The molecule has 0 radical (unpaired) electrons. The Morgan fingerprint density at radius 3 is 2.81 bits per heavy atom. The Labute approximate surface area is 153 Å². The molecule has 3 aromatic heterocycles. The van der Waals surface area contributed by atoms with Crippen molar-refractivity contribution in [2.24, 2.45) is 0 Å². The molecule has 1 aliphatic rings. The third-order valence-corrected chi connectivity index (χ3v) is 5.79. The molecule has 0 aliphatic carbocycles. The molecule has 4 heterocycles. The third kappa shape index (κ3) is 2.47. The summed E-state index contributed by atoms with van der Waals surface area (Å²) < 4.78 is 15.0. The Balaban J connectivity index is 1.60. The highest BCUT2D eigenvalue weighted by molar-refractivity contribution is 7.10. The summed E-state index contributed by atoms with van der Waals surface area (Å²) in [6.07, 6.45) is 5.65. The minimum Gasteiger partial charge on any atom is -0.348 e. The summed E-state index contributed by atoms with van der Waals surface area (Å²) in [6.45, 7) is 0.969. The SMILES string of the molecule is Fc1ccc(-n2ncc3c(N4CCC[C@@H]4c4cccs4)ncnc32)cc1. The summed E-state index contributed by atoms with van der Waals surface area (Å²) in [6, 6.07) is 10.9. The number of nitrogens with zero attached hydrogens (tertiary/aromatic N) is 5. The summed E-state index contributed by atoms with van der Waals surface area (Å²) in [4.78, 5) is 12.7. The molecular formula is C19H16FN5S. The zero-order valence-electron chi connectivity index (χ0n) is 13.9. The summed E-state index contributed by atoms with van der Waals surface area (Å²) in [5, 5.41) is 7.52. The molecule has 1 aliphatic heterocycles. The lowest BCUT2D eigenvalue weighted by Gasteiger charge is -2.25. The maximum Gasteiger partial charge on any atom is 0.168 e. The van der Waals surface area contributed by atoms with E-state index in [0.29, 0.717) is 6.04 Å². The summed E-state index contributed by atoms with van der Waals surface area (Å²) in [5.41, 5.74) is 1.51. The molecule has 0 unspecified atom stereocenters. The van der Waals surface area contributed by atoms with Crippen LogP contribution < -0.4 is 4.90 Å². The molecule has 0 amide bonds. The van der Waals surface area contributed by atoms with E-state index in [0.717, 1.165) is 41.9 Å². The van der Waals surface area contributed by atoms with E-state index >= 15 is 0 Å². The van der Waals surface area contributed by atoms with Crippen LogP contribution in [-0.4, -0.2) is 26.3 Å². The number of fused-ring (bicyclic) bond motifs is 1. The van der Waals surface area contributed by atoms with Gasteiger partial charge in [0.05, 0.1) is 23.3 Å².